The first-order valence-corrected chi connectivity index (χ1v) is 10.8. The highest BCUT2D eigenvalue weighted by molar-refractivity contribution is 7.89. The third-order valence-corrected chi connectivity index (χ3v) is 5.57. The molecule has 0 spiro atoms. The monoisotopic (exact) mass is 433 g/mol. The Bertz CT molecular complexity index is 1210. The molecule has 0 bridgehead atoms. The van der Waals surface area contributed by atoms with Crippen molar-refractivity contribution in [3.8, 4) is 5.75 Å². The molecule has 10 heteroatoms. The summed E-state index contributed by atoms with van der Waals surface area (Å²) >= 11 is 0. The smallest absolute Gasteiger partial charge is 0.419 e. The zero-order chi connectivity index (χ0) is 21.9. The fraction of sp³-hybridized carbons (Fsp3) is 0.300. The van der Waals surface area contributed by atoms with Crippen LogP contribution in [0.5, 0.6) is 5.75 Å². The van der Waals surface area contributed by atoms with Crippen LogP contribution in [0.2, 0.25) is 0 Å². The number of aromatic nitrogens is 1. The molecule has 3 rings (SSSR count). The van der Waals surface area contributed by atoms with Gasteiger partial charge in [-0.25, -0.2) is 18.4 Å². The van der Waals surface area contributed by atoms with Gasteiger partial charge in [0.2, 0.25) is 15.9 Å². The van der Waals surface area contributed by atoms with E-state index in [1.54, 1.807) is 7.05 Å². The lowest BCUT2D eigenvalue weighted by atomic mass is 10.2. The Labute approximate surface area is 173 Å². The first kappa shape index (κ1) is 21.6. The molecule has 9 nitrogen and oxygen atoms in total. The number of nitrogens with zero attached hydrogens (tertiary/aromatic N) is 2. The lowest BCUT2D eigenvalue weighted by Crippen LogP contribution is -2.32. The molecule has 0 unspecified atom stereocenters. The summed E-state index contributed by atoms with van der Waals surface area (Å²) in [6.07, 6.45) is 0.0759. The summed E-state index contributed by atoms with van der Waals surface area (Å²) < 4.78 is 34.9. The van der Waals surface area contributed by atoms with Gasteiger partial charge in [-0.15, -0.1) is 0 Å². The SMILES string of the molecule is Cc1ccc(OCCN(C)C(=O)CCn2c(=O)oc3cc(S(N)(=O)=O)ccc32)cc1. The molecule has 0 aliphatic carbocycles. The highest BCUT2D eigenvalue weighted by Crippen LogP contribution is 2.18. The van der Waals surface area contributed by atoms with Gasteiger partial charge in [-0.05, 0) is 31.2 Å². The Morgan fingerprint density at radius 2 is 1.90 bits per heavy atom. The Hall–Kier alpha value is -3.11. The average Bonchev–Trinajstić information content (AvgIpc) is 3.01. The number of fused-ring (bicyclic) bond motifs is 1. The van der Waals surface area contributed by atoms with E-state index in [0.29, 0.717) is 18.7 Å². The van der Waals surface area contributed by atoms with E-state index in [9.17, 15) is 18.0 Å². The average molecular weight is 433 g/mol. The molecule has 0 fully saturated rings. The van der Waals surface area contributed by atoms with Crippen LogP contribution in [0.25, 0.3) is 11.1 Å². The van der Waals surface area contributed by atoms with Gasteiger partial charge in [0.1, 0.15) is 12.4 Å². The van der Waals surface area contributed by atoms with E-state index in [0.717, 1.165) is 11.3 Å². The summed E-state index contributed by atoms with van der Waals surface area (Å²) in [5, 5.41) is 5.09. The summed E-state index contributed by atoms with van der Waals surface area (Å²) in [5.41, 5.74) is 1.63. The highest BCUT2D eigenvalue weighted by Gasteiger charge is 2.16. The molecule has 0 atom stereocenters. The molecular formula is C20H23N3O6S. The quantitative estimate of drug-likeness (QED) is 0.574. The third kappa shape index (κ3) is 5.08. The van der Waals surface area contributed by atoms with Crippen molar-refractivity contribution >= 4 is 27.0 Å². The maximum absolute atomic E-state index is 12.4. The molecule has 1 aromatic heterocycles. The van der Waals surface area contributed by atoms with Crippen LogP contribution in [0, 0.1) is 6.92 Å². The van der Waals surface area contributed by atoms with Crippen molar-refractivity contribution in [3.63, 3.8) is 0 Å². The fourth-order valence-corrected chi connectivity index (χ4v) is 3.42. The van der Waals surface area contributed by atoms with Crippen molar-refractivity contribution in [3.05, 3.63) is 58.6 Å². The predicted molar refractivity (Wildman–Crippen MR) is 111 cm³/mol. The first-order chi connectivity index (χ1) is 14.1. The van der Waals surface area contributed by atoms with Gasteiger partial charge in [-0.2, -0.15) is 0 Å². The normalized spacial score (nSPS) is 11.6. The Kier molecular flexibility index (Phi) is 6.28. The molecule has 0 radical (unpaired) electrons. The van der Waals surface area contributed by atoms with Crippen LogP contribution >= 0.6 is 0 Å². The molecule has 2 aromatic carbocycles. The van der Waals surface area contributed by atoms with Crippen LogP contribution in [0.15, 0.2) is 56.6 Å². The van der Waals surface area contributed by atoms with Crippen molar-refractivity contribution < 1.29 is 22.4 Å². The number of likely N-dealkylation sites (N-methyl/N-ethyl adjacent to an activating group) is 1. The maximum atomic E-state index is 12.4. The van der Waals surface area contributed by atoms with Crippen LogP contribution in [0.1, 0.15) is 12.0 Å². The topological polar surface area (TPSA) is 125 Å². The number of hydrogen-bond acceptors (Lipinski definition) is 6. The van der Waals surface area contributed by atoms with Crippen molar-refractivity contribution in [2.75, 3.05) is 20.2 Å². The van der Waals surface area contributed by atoms with Gasteiger partial charge >= 0.3 is 5.76 Å². The maximum Gasteiger partial charge on any atom is 0.419 e. The zero-order valence-electron chi connectivity index (χ0n) is 16.7. The third-order valence-electron chi connectivity index (χ3n) is 4.66. The highest BCUT2D eigenvalue weighted by atomic mass is 32.2. The summed E-state index contributed by atoms with van der Waals surface area (Å²) in [6.45, 7) is 2.83. The van der Waals surface area contributed by atoms with Crippen LogP contribution in [-0.2, 0) is 21.4 Å². The number of benzene rings is 2. The number of aryl methyl sites for hydroxylation is 2. The van der Waals surface area contributed by atoms with Crippen LogP contribution < -0.4 is 15.6 Å². The predicted octanol–water partition coefficient (Wildman–Crippen LogP) is 1.48. The lowest BCUT2D eigenvalue weighted by molar-refractivity contribution is -0.130. The summed E-state index contributed by atoms with van der Waals surface area (Å²) in [4.78, 5) is 25.9. The van der Waals surface area contributed by atoms with E-state index in [2.05, 4.69) is 0 Å². The number of nitrogens with two attached hydrogens (primary N) is 1. The zero-order valence-corrected chi connectivity index (χ0v) is 17.5. The standard InChI is InChI=1S/C20H23N3O6S/c1-14-3-5-15(6-4-14)28-12-11-22(2)19(24)9-10-23-17-8-7-16(30(21,26)27)13-18(17)29-20(23)25/h3-8,13H,9-12H2,1-2H3,(H2,21,26,27). The number of sulfonamides is 1. The van der Waals surface area contributed by atoms with E-state index in [1.807, 2.05) is 31.2 Å². The second kappa shape index (κ2) is 8.72. The summed E-state index contributed by atoms with van der Waals surface area (Å²) in [6, 6.07) is 11.6. The van der Waals surface area contributed by atoms with E-state index in [-0.39, 0.29) is 29.4 Å². The van der Waals surface area contributed by atoms with Gasteiger partial charge in [0.05, 0.1) is 17.0 Å². The minimum Gasteiger partial charge on any atom is -0.492 e. The van der Waals surface area contributed by atoms with Crippen molar-refractivity contribution in [1.82, 2.24) is 9.47 Å². The molecule has 2 N–H and O–H groups in total. The summed E-state index contributed by atoms with van der Waals surface area (Å²) in [7, 11) is -2.25. The van der Waals surface area contributed by atoms with E-state index < -0.39 is 15.8 Å². The molecule has 30 heavy (non-hydrogen) atoms. The molecule has 0 aliphatic heterocycles. The minimum absolute atomic E-state index is 0.0759. The molecule has 160 valence electrons. The van der Waals surface area contributed by atoms with Crippen LogP contribution in [0.4, 0.5) is 0 Å². The Morgan fingerprint density at radius 1 is 1.20 bits per heavy atom. The number of oxazole rings is 1. The number of primary sulfonamides is 1. The lowest BCUT2D eigenvalue weighted by Gasteiger charge is -2.17. The van der Waals surface area contributed by atoms with E-state index in [1.165, 1.54) is 27.7 Å². The molecule has 1 amide bonds. The molecule has 0 saturated carbocycles. The molecule has 0 saturated heterocycles. The number of carbonyl (C=O) groups excluding carboxylic acids is 1. The molecule has 0 aliphatic rings. The van der Waals surface area contributed by atoms with Gasteiger partial charge in [-0.3, -0.25) is 9.36 Å². The summed E-state index contributed by atoms with van der Waals surface area (Å²) in [5.74, 6) is -0.101. The number of ether oxygens (including phenoxy) is 1. The Morgan fingerprint density at radius 3 is 2.57 bits per heavy atom. The fourth-order valence-electron chi connectivity index (χ4n) is 2.89. The first-order valence-electron chi connectivity index (χ1n) is 9.25. The van der Waals surface area contributed by atoms with Crippen molar-refractivity contribution in [2.45, 2.75) is 24.8 Å². The van der Waals surface area contributed by atoms with Gasteiger partial charge in [0.15, 0.2) is 5.58 Å². The molecule has 1 heterocycles. The van der Waals surface area contributed by atoms with Gasteiger partial charge in [-0.1, -0.05) is 17.7 Å². The number of carbonyl (C=O) groups is 1. The van der Waals surface area contributed by atoms with Crippen molar-refractivity contribution in [2.24, 2.45) is 5.14 Å². The van der Waals surface area contributed by atoms with Crippen molar-refractivity contribution in [1.29, 1.82) is 0 Å². The number of rotatable bonds is 8. The van der Waals surface area contributed by atoms with Gasteiger partial charge in [0, 0.05) is 26.1 Å². The Balaban J connectivity index is 1.58. The second-order valence-electron chi connectivity index (χ2n) is 6.92. The number of hydrogen-bond donors (Lipinski definition) is 1. The van der Waals surface area contributed by atoms with Crippen LogP contribution in [0.3, 0.4) is 0 Å². The van der Waals surface area contributed by atoms with Gasteiger partial charge in [0.25, 0.3) is 0 Å². The van der Waals surface area contributed by atoms with E-state index >= 15 is 0 Å². The minimum atomic E-state index is -3.91. The second-order valence-corrected chi connectivity index (χ2v) is 8.48. The number of amides is 1. The molecular weight excluding hydrogens is 410 g/mol. The largest absolute Gasteiger partial charge is 0.492 e. The molecule has 3 aromatic rings. The van der Waals surface area contributed by atoms with Gasteiger partial charge < -0.3 is 14.1 Å². The van der Waals surface area contributed by atoms with Crippen LogP contribution in [-0.4, -0.2) is 44.0 Å². The van der Waals surface area contributed by atoms with E-state index in [4.69, 9.17) is 14.3 Å².